The summed E-state index contributed by atoms with van der Waals surface area (Å²) in [5.41, 5.74) is 0.299. The molecule has 0 unspecified atom stereocenters. The van der Waals surface area contributed by atoms with Gasteiger partial charge in [-0.3, -0.25) is 9.59 Å². The number of methoxy groups -OCH3 is 1. The molecule has 1 aromatic rings. The molecule has 0 amide bonds. The summed E-state index contributed by atoms with van der Waals surface area (Å²) in [5.74, 6) is -0.800. The Labute approximate surface area is 99.0 Å². The minimum Gasteiger partial charge on any atom is -0.504 e. The first kappa shape index (κ1) is 13.0. The smallest absolute Gasteiger partial charge is 0.313 e. The monoisotopic (exact) mass is 238 g/mol. The second-order valence-corrected chi connectivity index (χ2v) is 3.29. The Morgan fingerprint density at radius 1 is 1.35 bits per heavy atom. The molecule has 5 heteroatoms. The maximum absolute atomic E-state index is 11.7. The molecule has 1 N–H and O–H groups in total. The number of benzene rings is 1. The van der Waals surface area contributed by atoms with Crippen molar-refractivity contribution < 1.29 is 24.2 Å². The van der Waals surface area contributed by atoms with Crippen molar-refractivity contribution in [3.05, 3.63) is 23.8 Å². The molecule has 0 aliphatic carbocycles. The summed E-state index contributed by atoms with van der Waals surface area (Å²) in [6, 6.07) is 4.16. The Bertz CT molecular complexity index is 425. The first-order valence-electron chi connectivity index (χ1n) is 5.14. The summed E-state index contributed by atoms with van der Waals surface area (Å²) < 4.78 is 9.54. The van der Waals surface area contributed by atoms with Crippen molar-refractivity contribution in [2.24, 2.45) is 0 Å². The van der Waals surface area contributed by atoms with Crippen LogP contribution in [0.4, 0.5) is 0 Å². The minimum absolute atomic E-state index is 0.0554. The highest BCUT2D eigenvalue weighted by Crippen LogP contribution is 2.26. The molecule has 0 atom stereocenters. The van der Waals surface area contributed by atoms with E-state index in [2.05, 4.69) is 4.74 Å². The van der Waals surface area contributed by atoms with Gasteiger partial charge in [0.2, 0.25) is 0 Å². The third-order valence-corrected chi connectivity index (χ3v) is 2.11. The zero-order chi connectivity index (χ0) is 12.8. The maximum atomic E-state index is 11.7. The second-order valence-electron chi connectivity index (χ2n) is 3.29. The number of hydrogen-bond donors (Lipinski definition) is 1. The van der Waals surface area contributed by atoms with E-state index >= 15 is 0 Å². The van der Waals surface area contributed by atoms with Crippen molar-refractivity contribution in [2.75, 3.05) is 13.7 Å². The molecule has 0 fully saturated rings. The van der Waals surface area contributed by atoms with E-state index in [0.29, 0.717) is 5.56 Å². The summed E-state index contributed by atoms with van der Waals surface area (Å²) in [7, 11) is 1.38. The molecule has 0 aliphatic heterocycles. The van der Waals surface area contributed by atoms with Crippen molar-refractivity contribution in [1.82, 2.24) is 0 Å². The molecule has 1 rings (SSSR count). The van der Waals surface area contributed by atoms with Crippen LogP contribution in [0.15, 0.2) is 18.2 Å². The highest BCUT2D eigenvalue weighted by Gasteiger charge is 2.14. The maximum Gasteiger partial charge on any atom is 0.313 e. The lowest BCUT2D eigenvalue weighted by Gasteiger charge is -2.06. The molecule has 0 aliphatic rings. The number of carbonyl (C=O) groups excluding carboxylic acids is 2. The van der Waals surface area contributed by atoms with Gasteiger partial charge in [-0.05, 0) is 25.1 Å². The molecule has 0 bridgehead atoms. The summed E-state index contributed by atoms with van der Waals surface area (Å²) >= 11 is 0. The zero-order valence-electron chi connectivity index (χ0n) is 9.73. The van der Waals surface area contributed by atoms with Crippen LogP contribution in [0.1, 0.15) is 23.7 Å². The van der Waals surface area contributed by atoms with Gasteiger partial charge < -0.3 is 14.6 Å². The van der Waals surface area contributed by atoms with E-state index in [1.807, 2.05) is 0 Å². The Hall–Kier alpha value is -2.04. The van der Waals surface area contributed by atoms with Crippen LogP contribution in [-0.2, 0) is 9.53 Å². The molecule has 0 heterocycles. The van der Waals surface area contributed by atoms with Crippen LogP contribution in [0.2, 0.25) is 0 Å². The SMILES string of the molecule is CCOC(=O)CC(=O)c1ccc(O)c(OC)c1. The van der Waals surface area contributed by atoms with Crippen LogP contribution in [0.3, 0.4) is 0 Å². The van der Waals surface area contributed by atoms with Crippen LogP contribution in [0, 0.1) is 0 Å². The average Bonchev–Trinajstić information content (AvgIpc) is 2.29. The lowest BCUT2D eigenvalue weighted by Crippen LogP contribution is -2.11. The molecule has 0 radical (unpaired) electrons. The fraction of sp³-hybridized carbons (Fsp3) is 0.333. The van der Waals surface area contributed by atoms with Crippen LogP contribution >= 0.6 is 0 Å². The normalized spacial score (nSPS) is 9.76. The van der Waals surface area contributed by atoms with Gasteiger partial charge in [-0.15, -0.1) is 0 Å². The van der Waals surface area contributed by atoms with Gasteiger partial charge in [-0.2, -0.15) is 0 Å². The molecule has 0 spiro atoms. The van der Waals surface area contributed by atoms with Crippen LogP contribution in [0.25, 0.3) is 0 Å². The second kappa shape index (κ2) is 5.89. The molecule has 0 saturated heterocycles. The number of phenolic OH excluding ortho intramolecular Hbond substituents is 1. The fourth-order valence-corrected chi connectivity index (χ4v) is 1.30. The van der Waals surface area contributed by atoms with Crippen molar-refractivity contribution in [3.63, 3.8) is 0 Å². The molecule has 0 saturated carbocycles. The van der Waals surface area contributed by atoms with Gasteiger partial charge in [0.25, 0.3) is 0 Å². The van der Waals surface area contributed by atoms with Crippen LogP contribution < -0.4 is 4.74 Å². The summed E-state index contributed by atoms with van der Waals surface area (Å²) in [6.07, 6.45) is -0.318. The van der Waals surface area contributed by atoms with Gasteiger partial charge in [0.15, 0.2) is 17.3 Å². The Morgan fingerprint density at radius 2 is 2.06 bits per heavy atom. The zero-order valence-corrected chi connectivity index (χ0v) is 9.73. The quantitative estimate of drug-likeness (QED) is 0.478. The van der Waals surface area contributed by atoms with Gasteiger partial charge in [0.1, 0.15) is 6.42 Å². The largest absolute Gasteiger partial charge is 0.504 e. The van der Waals surface area contributed by atoms with E-state index in [9.17, 15) is 14.7 Å². The number of phenols is 1. The van der Waals surface area contributed by atoms with E-state index in [0.717, 1.165) is 0 Å². The molecular weight excluding hydrogens is 224 g/mol. The number of aromatic hydroxyl groups is 1. The van der Waals surface area contributed by atoms with Gasteiger partial charge >= 0.3 is 5.97 Å². The van der Waals surface area contributed by atoms with E-state index in [1.165, 1.54) is 25.3 Å². The van der Waals surface area contributed by atoms with E-state index < -0.39 is 5.97 Å². The minimum atomic E-state index is -0.565. The molecular formula is C12H14O5. The van der Waals surface area contributed by atoms with Gasteiger partial charge in [-0.1, -0.05) is 0 Å². The van der Waals surface area contributed by atoms with Gasteiger partial charge in [0, 0.05) is 5.56 Å². The van der Waals surface area contributed by atoms with Crippen LogP contribution in [-0.4, -0.2) is 30.6 Å². The first-order chi connectivity index (χ1) is 8.08. The van der Waals surface area contributed by atoms with Crippen molar-refractivity contribution in [3.8, 4) is 11.5 Å². The predicted molar refractivity (Wildman–Crippen MR) is 60.2 cm³/mol. The number of carbonyl (C=O) groups is 2. The van der Waals surface area contributed by atoms with Crippen molar-refractivity contribution in [1.29, 1.82) is 0 Å². The Morgan fingerprint density at radius 3 is 2.65 bits per heavy atom. The number of esters is 1. The number of hydrogen-bond acceptors (Lipinski definition) is 5. The Balaban J connectivity index is 2.79. The lowest BCUT2D eigenvalue weighted by molar-refractivity contribution is -0.141. The third kappa shape index (κ3) is 3.48. The number of Topliss-reactive ketones (excluding diaryl/α,β-unsaturated/α-hetero) is 1. The summed E-state index contributed by atoms with van der Waals surface area (Å²) in [5, 5.41) is 9.35. The highest BCUT2D eigenvalue weighted by atomic mass is 16.5. The Kier molecular flexibility index (Phi) is 4.51. The van der Waals surface area contributed by atoms with E-state index in [1.54, 1.807) is 6.92 Å². The lowest BCUT2D eigenvalue weighted by atomic mass is 10.1. The van der Waals surface area contributed by atoms with Crippen molar-refractivity contribution >= 4 is 11.8 Å². The highest BCUT2D eigenvalue weighted by molar-refractivity contribution is 6.06. The standard InChI is InChI=1S/C12H14O5/c1-3-17-12(15)7-10(14)8-4-5-9(13)11(6-8)16-2/h4-6,13H,3,7H2,1-2H3. The van der Waals surface area contributed by atoms with Gasteiger partial charge in [-0.25, -0.2) is 0 Å². The third-order valence-electron chi connectivity index (χ3n) is 2.11. The molecule has 17 heavy (non-hydrogen) atoms. The number of ketones is 1. The summed E-state index contributed by atoms with van der Waals surface area (Å²) in [6.45, 7) is 1.91. The topological polar surface area (TPSA) is 72.8 Å². The fourth-order valence-electron chi connectivity index (χ4n) is 1.30. The predicted octanol–water partition coefficient (Wildman–Crippen LogP) is 1.54. The number of ether oxygens (including phenoxy) is 2. The summed E-state index contributed by atoms with van der Waals surface area (Å²) in [4.78, 5) is 22.8. The molecule has 0 aromatic heterocycles. The van der Waals surface area contributed by atoms with Gasteiger partial charge in [0.05, 0.1) is 13.7 Å². The molecule has 92 valence electrons. The van der Waals surface area contributed by atoms with E-state index in [-0.39, 0.29) is 30.3 Å². The molecule has 5 nitrogen and oxygen atoms in total. The van der Waals surface area contributed by atoms with Crippen molar-refractivity contribution in [2.45, 2.75) is 13.3 Å². The van der Waals surface area contributed by atoms with Crippen LogP contribution in [0.5, 0.6) is 11.5 Å². The molecule has 1 aromatic carbocycles. The van der Waals surface area contributed by atoms with E-state index in [4.69, 9.17) is 4.74 Å². The average molecular weight is 238 g/mol. The number of rotatable bonds is 5. The first-order valence-corrected chi connectivity index (χ1v) is 5.14.